The van der Waals surface area contributed by atoms with Crippen molar-refractivity contribution in [3.05, 3.63) is 76.6 Å². The zero-order chi connectivity index (χ0) is 21.4. The molecule has 1 fully saturated rings. The number of aliphatic hydroxyl groups excluding tert-OH is 1. The second-order valence-corrected chi connectivity index (χ2v) is 8.48. The fourth-order valence-electron chi connectivity index (χ4n) is 3.50. The number of hydrogen-bond acceptors (Lipinski definition) is 3. The van der Waals surface area contributed by atoms with Gasteiger partial charge in [0.15, 0.2) is 0 Å². The second-order valence-electron chi connectivity index (χ2n) is 8.48. The van der Waals surface area contributed by atoms with E-state index in [1.165, 1.54) is 0 Å². The van der Waals surface area contributed by atoms with Gasteiger partial charge in [-0.25, -0.2) is 0 Å². The Kier molecular flexibility index (Phi) is 8.84. The first-order chi connectivity index (χ1) is 13.0. The van der Waals surface area contributed by atoms with Crippen LogP contribution in [0.15, 0.2) is 76.6 Å². The Morgan fingerprint density at radius 3 is 2.11 bits per heavy atom. The minimum absolute atomic E-state index is 0.296. The van der Waals surface area contributed by atoms with E-state index in [1.54, 1.807) is 19.9 Å². The molecule has 0 unspecified atom stereocenters. The maximum absolute atomic E-state index is 10.7. The quantitative estimate of drug-likeness (QED) is 0.289. The van der Waals surface area contributed by atoms with Gasteiger partial charge >= 0.3 is 0 Å². The van der Waals surface area contributed by atoms with Gasteiger partial charge in [0.05, 0.1) is 11.7 Å². The smallest absolute Gasteiger partial charge is 0.145 e. The highest BCUT2D eigenvalue weighted by molar-refractivity contribution is 5.72. The number of aldehydes is 1. The van der Waals surface area contributed by atoms with Crippen molar-refractivity contribution in [3.8, 4) is 0 Å². The topological polar surface area (TPSA) is 57.5 Å². The van der Waals surface area contributed by atoms with Gasteiger partial charge in [-0.05, 0) is 56.8 Å². The molecule has 2 N–H and O–H groups in total. The summed E-state index contributed by atoms with van der Waals surface area (Å²) in [6.45, 7) is 11.6. The number of carbonyl (C=O) groups is 1. The lowest BCUT2D eigenvalue weighted by Gasteiger charge is -2.43. The average Bonchev–Trinajstić information content (AvgIpc) is 2.55. The van der Waals surface area contributed by atoms with Gasteiger partial charge in [-0.1, -0.05) is 62.0 Å². The van der Waals surface area contributed by atoms with E-state index in [0.717, 1.165) is 23.0 Å². The normalized spacial score (nSPS) is 26.6. The first-order valence-electron chi connectivity index (χ1n) is 9.68. The third kappa shape index (κ3) is 7.82. The van der Waals surface area contributed by atoms with Crippen LogP contribution in [0.3, 0.4) is 0 Å². The van der Waals surface area contributed by atoms with Gasteiger partial charge in [0, 0.05) is 12.0 Å². The number of rotatable bonds is 6. The number of allylic oxidation sites excluding steroid dienone is 10. The van der Waals surface area contributed by atoms with Gasteiger partial charge in [-0.15, -0.1) is 5.73 Å². The minimum Gasteiger partial charge on any atom is -0.393 e. The summed E-state index contributed by atoms with van der Waals surface area (Å²) < 4.78 is 0. The van der Waals surface area contributed by atoms with Crippen molar-refractivity contribution < 1.29 is 15.0 Å². The Bertz CT molecular complexity index is 757. The number of carbonyl (C=O) groups excluding carboxylic acids is 1. The van der Waals surface area contributed by atoms with E-state index in [9.17, 15) is 15.0 Å². The van der Waals surface area contributed by atoms with Crippen LogP contribution in [0.4, 0.5) is 0 Å². The van der Waals surface area contributed by atoms with Crippen molar-refractivity contribution in [2.75, 3.05) is 0 Å². The predicted molar refractivity (Wildman–Crippen MR) is 117 cm³/mol. The highest BCUT2D eigenvalue weighted by atomic mass is 16.3. The molecule has 0 bridgehead atoms. The van der Waals surface area contributed by atoms with E-state index in [4.69, 9.17) is 0 Å². The SMILES string of the molecule is CC(C=O)=C/C=C/C=C(C)/C=C/C=C(C)C=C=C1C(C)(C)C[C@H](O)C[C@@]1(C)O. The van der Waals surface area contributed by atoms with Gasteiger partial charge in [-0.2, -0.15) is 0 Å². The Labute approximate surface area is 169 Å². The summed E-state index contributed by atoms with van der Waals surface area (Å²) in [6, 6.07) is 0. The standard InChI is InChI=1S/C25H34O3/c1-19(10-7-8-11-21(3)18-26)12-9-13-20(2)14-15-23-24(4,5)16-22(27)17-25(23,6)28/h7-14,18,22,27-28H,16-17H2,1-6H3/b8-7+,12-9+,19-10+,20-13?,21-11?/t15?,22-,25+/m0/s1. The van der Waals surface area contributed by atoms with E-state index >= 15 is 0 Å². The molecule has 3 heteroatoms. The molecule has 0 aromatic carbocycles. The number of aliphatic hydroxyl groups is 2. The van der Waals surface area contributed by atoms with Crippen LogP contribution < -0.4 is 0 Å². The Morgan fingerprint density at radius 2 is 1.54 bits per heavy atom. The molecule has 0 aliphatic heterocycles. The van der Waals surface area contributed by atoms with E-state index in [2.05, 4.69) is 5.73 Å². The maximum atomic E-state index is 10.7. The van der Waals surface area contributed by atoms with Crippen LogP contribution in [0.2, 0.25) is 0 Å². The van der Waals surface area contributed by atoms with Crippen LogP contribution in [0.5, 0.6) is 0 Å². The Hall–Kier alpha value is -2.19. The molecule has 0 spiro atoms. The van der Waals surface area contributed by atoms with Crippen molar-refractivity contribution >= 4 is 6.29 Å². The van der Waals surface area contributed by atoms with Crippen LogP contribution in [-0.4, -0.2) is 28.2 Å². The largest absolute Gasteiger partial charge is 0.393 e. The van der Waals surface area contributed by atoms with E-state index < -0.39 is 11.7 Å². The van der Waals surface area contributed by atoms with Crippen molar-refractivity contribution in [3.63, 3.8) is 0 Å². The molecule has 1 rings (SSSR count). The molecule has 0 aromatic rings. The molecule has 2 atom stereocenters. The summed E-state index contributed by atoms with van der Waals surface area (Å²) in [5, 5.41) is 20.7. The molecule has 1 saturated carbocycles. The molecule has 152 valence electrons. The van der Waals surface area contributed by atoms with Crippen molar-refractivity contribution in [1.82, 2.24) is 0 Å². The van der Waals surface area contributed by atoms with E-state index in [0.29, 0.717) is 18.4 Å². The molecule has 0 amide bonds. The lowest BCUT2D eigenvalue weighted by molar-refractivity contribution is -0.104. The molecule has 3 nitrogen and oxygen atoms in total. The lowest BCUT2D eigenvalue weighted by atomic mass is 9.65. The first kappa shape index (κ1) is 23.8. The van der Waals surface area contributed by atoms with Crippen molar-refractivity contribution in [2.24, 2.45) is 5.41 Å². The first-order valence-corrected chi connectivity index (χ1v) is 9.68. The lowest BCUT2D eigenvalue weighted by Crippen LogP contribution is -2.45. The van der Waals surface area contributed by atoms with Crippen LogP contribution in [0, 0.1) is 5.41 Å². The van der Waals surface area contributed by atoms with Crippen LogP contribution in [-0.2, 0) is 4.79 Å². The second kappa shape index (κ2) is 10.4. The average molecular weight is 383 g/mol. The minimum atomic E-state index is -1.05. The van der Waals surface area contributed by atoms with Gasteiger partial charge in [-0.3, -0.25) is 4.79 Å². The predicted octanol–water partition coefficient (Wildman–Crippen LogP) is 5.15. The van der Waals surface area contributed by atoms with Gasteiger partial charge in [0.1, 0.15) is 6.29 Å². The fraction of sp³-hybridized carbons (Fsp3) is 0.440. The van der Waals surface area contributed by atoms with E-state index in [-0.39, 0.29) is 5.41 Å². The summed E-state index contributed by atoms with van der Waals surface area (Å²) in [6.07, 6.45) is 16.6. The Balaban J connectivity index is 2.89. The summed E-state index contributed by atoms with van der Waals surface area (Å²) in [7, 11) is 0. The van der Waals surface area contributed by atoms with Gasteiger partial charge in [0.25, 0.3) is 0 Å². The maximum Gasteiger partial charge on any atom is 0.145 e. The zero-order valence-corrected chi connectivity index (χ0v) is 18.0. The molecule has 0 saturated heterocycles. The molecule has 28 heavy (non-hydrogen) atoms. The molecular formula is C25H34O3. The van der Waals surface area contributed by atoms with Gasteiger partial charge in [0.2, 0.25) is 0 Å². The fourth-order valence-corrected chi connectivity index (χ4v) is 3.50. The molecule has 0 heterocycles. The summed E-state index contributed by atoms with van der Waals surface area (Å²) >= 11 is 0. The highest BCUT2D eigenvalue weighted by Crippen LogP contribution is 2.45. The Morgan fingerprint density at radius 1 is 0.964 bits per heavy atom. The molecule has 1 aliphatic carbocycles. The van der Waals surface area contributed by atoms with Crippen LogP contribution >= 0.6 is 0 Å². The van der Waals surface area contributed by atoms with Crippen LogP contribution in [0.25, 0.3) is 0 Å². The zero-order valence-electron chi connectivity index (χ0n) is 18.0. The summed E-state index contributed by atoms with van der Waals surface area (Å²) in [5.74, 6) is 0. The third-order valence-corrected chi connectivity index (χ3v) is 4.77. The molecule has 0 aromatic heterocycles. The van der Waals surface area contributed by atoms with Crippen molar-refractivity contribution in [1.29, 1.82) is 0 Å². The van der Waals surface area contributed by atoms with Crippen LogP contribution in [0.1, 0.15) is 54.4 Å². The molecule has 1 aliphatic rings. The molecular weight excluding hydrogens is 348 g/mol. The summed E-state index contributed by atoms with van der Waals surface area (Å²) in [5.41, 5.74) is 5.58. The van der Waals surface area contributed by atoms with Crippen molar-refractivity contribution in [2.45, 2.75) is 66.1 Å². The third-order valence-electron chi connectivity index (χ3n) is 4.77. The number of hydrogen-bond donors (Lipinski definition) is 2. The monoisotopic (exact) mass is 382 g/mol. The van der Waals surface area contributed by atoms with Gasteiger partial charge < -0.3 is 10.2 Å². The highest BCUT2D eigenvalue weighted by Gasteiger charge is 2.44. The summed E-state index contributed by atoms with van der Waals surface area (Å²) in [4.78, 5) is 10.5. The van der Waals surface area contributed by atoms with E-state index in [1.807, 2.05) is 70.2 Å². The molecule has 0 radical (unpaired) electrons.